The average molecular weight is 614 g/mol. The van der Waals surface area contributed by atoms with Crippen LogP contribution in [0.25, 0.3) is 0 Å². The van der Waals surface area contributed by atoms with Crippen molar-refractivity contribution in [1.82, 2.24) is 10.2 Å². The molecule has 0 fully saturated rings. The van der Waals surface area contributed by atoms with E-state index >= 15 is 0 Å². The van der Waals surface area contributed by atoms with Gasteiger partial charge in [-0.15, -0.1) is 0 Å². The lowest BCUT2D eigenvalue weighted by atomic mass is 10.0. The van der Waals surface area contributed by atoms with Crippen LogP contribution in [0.4, 0.5) is 10.1 Å². The van der Waals surface area contributed by atoms with E-state index in [9.17, 15) is 22.4 Å². The van der Waals surface area contributed by atoms with Gasteiger partial charge in [-0.05, 0) is 76.1 Å². The van der Waals surface area contributed by atoms with E-state index in [1.807, 2.05) is 52.0 Å². The van der Waals surface area contributed by atoms with Gasteiger partial charge in [0.2, 0.25) is 11.8 Å². The SMILES string of the molecule is CC[C@@H](C(=O)NC(C)(C)C)N(Cc1cccc(C)c1)C(=O)CN(c1ccc(F)cc1)S(=O)(=O)c1ccc(OC)c(OC)c1. The van der Waals surface area contributed by atoms with Gasteiger partial charge in [0, 0.05) is 18.2 Å². The number of ether oxygens (including phenoxy) is 2. The largest absolute Gasteiger partial charge is 0.493 e. The van der Waals surface area contributed by atoms with Gasteiger partial charge in [-0.25, -0.2) is 12.8 Å². The van der Waals surface area contributed by atoms with Crippen molar-refractivity contribution in [3.63, 3.8) is 0 Å². The van der Waals surface area contributed by atoms with Crippen LogP contribution in [-0.4, -0.2) is 57.5 Å². The maximum Gasteiger partial charge on any atom is 0.264 e. The predicted molar refractivity (Wildman–Crippen MR) is 164 cm³/mol. The molecule has 0 saturated heterocycles. The van der Waals surface area contributed by atoms with Crippen LogP contribution in [0.5, 0.6) is 11.5 Å². The Kier molecular flexibility index (Phi) is 10.8. The van der Waals surface area contributed by atoms with Crippen LogP contribution in [0.1, 0.15) is 45.2 Å². The van der Waals surface area contributed by atoms with Gasteiger partial charge >= 0.3 is 0 Å². The number of carbonyl (C=O) groups excluding carboxylic acids is 2. The Labute approximate surface area is 253 Å². The molecule has 232 valence electrons. The van der Waals surface area contributed by atoms with E-state index in [0.29, 0.717) is 12.2 Å². The van der Waals surface area contributed by atoms with Gasteiger partial charge in [-0.3, -0.25) is 13.9 Å². The minimum atomic E-state index is -4.39. The number of hydrogen-bond acceptors (Lipinski definition) is 6. The number of rotatable bonds is 12. The van der Waals surface area contributed by atoms with Crippen molar-refractivity contribution in [2.75, 3.05) is 25.1 Å². The summed E-state index contributed by atoms with van der Waals surface area (Å²) in [6.07, 6.45) is 0.290. The van der Waals surface area contributed by atoms with Gasteiger partial charge in [0.25, 0.3) is 10.0 Å². The first-order valence-electron chi connectivity index (χ1n) is 13.9. The molecule has 0 bridgehead atoms. The molecule has 0 spiro atoms. The first-order valence-corrected chi connectivity index (χ1v) is 15.3. The number of nitrogens with one attached hydrogen (secondary N) is 1. The summed E-state index contributed by atoms with van der Waals surface area (Å²) >= 11 is 0. The minimum Gasteiger partial charge on any atom is -0.493 e. The topological polar surface area (TPSA) is 105 Å². The van der Waals surface area contributed by atoms with Crippen LogP contribution in [0.2, 0.25) is 0 Å². The lowest BCUT2D eigenvalue weighted by molar-refractivity contribution is -0.141. The molecule has 0 saturated carbocycles. The van der Waals surface area contributed by atoms with E-state index in [-0.39, 0.29) is 28.8 Å². The zero-order valence-corrected chi connectivity index (χ0v) is 26.5. The number of aryl methyl sites for hydroxylation is 1. The number of nitrogens with zero attached hydrogens (tertiary/aromatic N) is 2. The Morgan fingerprint density at radius 3 is 2.16 bits per heavy atom. The van der Waals surface area contributed by atoms with Crippen LogP contribution in [0.15, 0.2) is 71.6 Å². The van der Waals surface area contributed by atoms with E-state index in [1.165, 1.54) is 49.5 Å². The first-order chi connectivity index (χ1) is 20.2. The first kappa shape index (κ1) is 33.4. The number of benzene rings is 3. The Balaban J connectivity index is 2.11. The summed E-state index contributed by atoms with van der Waals surface area (Å²) in [7, 11) is -1.58. The lowest BCUT2D eigenvalue weighted by Crippen LogP contribution is -2.55. The highest BCUT2D eigenvalue weighted by molar-refractivity contribution is 7.92. The molecule has 9 nitrogen and oxygen atoms in total. The van der Waals surface area contributed by atoms with Crippen LogP contribution < -0.4 is 19.1 Å². The molecule has 3 aromatic carbocycles. The molecule has 0 aliphatic heterocycles. The fourth-order valence-corrected chi connectivity index (χ4v) is 6.05. The van der Waals surface area contributed by atoms with E-state index in [0.717, 1.165) is 27.6 Å². The summed E-state index contributed by atoms with van der Waals surface area (Å²) in [6.45, 7) is 8.67. The van der Waals surface area contributed by atoms with E-state index in [2.05, 4.69) is 5.32 Å². The zero-order chi connectivity index (χ0) is 31.9. The highest BCUT2D eigenvalue weighted by atomic mass is 32.2. The van der Waals surface area contributed by atoms with Crippen molar-refractivity contribution < 1.29 is 31.9 Å². The highest BCUT2D eigenvalue weighted by Gasteiger charge is 2.35. The second-order valence-electron chi connectivity index (χ2n) is 11.2. The van der Waals surface area contributed by atoms with E-state index in [4.69, 9.17) is 9.47 Å². The number of halogens is 1. The van der Waals surface area contributed by atoms with Crippen molar-refractivity contribution in [2.45, 2.75) is 64.1 Å². The number of sulfonamides is 1. The molecule has 11 heteroatoms. The summed E-state index contributed by atoms with van der Waals surface area (Å²) < 4.78 is 53.5. The average Bonchev–Trinajstić information content (AvgIpc) is 2.94. The Morgan fingerprint density at radius 2 is 1.60 bits per heavy atom. The van der Waals surface area contributed by atoms with Crippen LogP contribution in [0.3, 0.4) is 0 Å². The van der Waals surface area contributed by atoms with Crippen molar-refractivity contribution in [3.8, 4) is 11.5 Å². The second kappa shape index (κ2) is 13.9. The maximum atomic E-state index is 14.2. The normalized spacial score (nSPS) is 12.3. The van der Waals surface area contributed by atoms with Gasteiger partial charge in [0.1, 0.15) is 18.4 Å². The van der Waals surface area contributed by atoms with Gasteiger partial charge in [0.05, 0.1) is 24.8 Å². The molecule has 3 aromatic rings. The van der Waals surface area contributed by atoms with E-state index in [1.54, 1.807) is 6.92 Å². The maximum absolute atomic E-state index is 14.2. The van der Waals surface area contributed by atoms with Gasteiger partial charge in [-0.2, -0.15) is 0 Å². The Bertz CT molecular complexity index is 1540. The molecule has 1 N–H and O–H groups in total. The standard InChI is InChI=1S/C32H40FN3O6S/c1-8-27(31(38)34-32(3,4)5)35(20-23-11-9-10-22(2)18-23)30(37)21-36(25-14-12-24(33)13-15-25)43(39,40)26-16-17-28(41-6)29(19-26)42-7/h9-19,27H,8,20-21H2,1-7H3,(H,34,38)/t27-/m0/s1. The zero-order valence-electron chi connectivity index (χ0n) is 25.7. The van der Waals surface area contributed by atoms with Gasteiger partial charge in [0.15, 0.2) is 11.5 Å². The van der Waals surface area contributed by atoms with Crippen molar-refractivity contribution in [1.29, 1.82) is 0 Å². The third kappa shape index (κ3) is 8.47. The van der Waals surface area contributed by atoms with Crippen LogP contribution in [-0.2, 0) is 26.2 Å². The molecule has 0 aromatic heterocycles. The number of hydrogen-bond donors (Lipinski definition) is 1. The molecule has 0 unspecified atom stereocenters. The smallest absolute Gasteiger partial charge is 0.264 e. The molecule has 3 rings (SSSR count). The van der Waals surface area contributed by atoms with Crippen LogP contribution in [0, 0.1) is 12.7 Å². The molecular weight excluding hydrogens is 573 g/mol. The number of anilines is 1. The summed E-state index contributed by atoms with van der Waals surface area (Å²) in [6, 6.07) is 15.5. The van der Waals surface area contributed by atoms with E-state index < -0.39 is 39.9 Å². The summed E-state index contributed by atoms with van der Waals surface area (Å²) in [5.41, 5.74) is 1.28. The molecular formula is C32H40FN3O6S. The second-order valence-corrected chi connectivity index (χ2v) is 13.0. The van der Waals surface area contributed by atoms with Gasteiger partial charge < -0.3 is 19.7 Å². The molecule has 0 radical (unpaired) electrons. The molecule has 1 atom stereocenters. The quantitative estimate of drug-likeness (QED) is 0.306. The van der Waals surface area contributed by atoms with Gasteiger partial charge in [-0.1, -0.05) is 36.8 Å². The summed E-state index contributed by atoms with van der Waals surface area (Å²) in [4.78, 5) is 28.8. The third-order valence-electron chi connectivity index (χ3n) is 6.66. The Morgan fingerprint density at radius 1 is 0.953 bits per heavy atom. The molecule has 0 aliphatic carbocycles. The number of carbonyl (C=O) groups is 2. The monoisotopic (exact) mass is 613 g/mol. The minimum absolute atomic E-state index is 0.0737. The Hall–Kier alpha value is -4.12. The summed E-state index contributed by atoms with van der Waals surface area (Å²) in [5.74, 6) is -1.02. The molecule has 2 amide bonds. The number of methoxy groups -OCH3 is 2. The number of amides is 2. The third-order valence-corrected chi connectivity index (χ3v) is 8.43. The fraction of sp³-hybridized carbons (Fsp3) is 0.375. The molecule has 0 aliphatic rings. The fourth-order valence-electron chi connectivity index (χ4n) is 4.62. The van der Waals surface area contributed by atoms with Crippen LogP contribution >= 0.6 is 0 Å². The predicted octanol–water partition coefficient (Wildman–Crippen LogP) is 5.07. The molecule has 43 heavy (non-hydrogen) atoms. The lowest BCUT2D eigenvalue weighted by Gasteiger charge is -2.35. The highest BCUT2D eigenvalue weighted by Crippen LogP contribution is 2.32. The summed E-state index contributed by atoms with van der Waals surface area (Å²) in [5, 5.41) is 2.94. The van der Waals surface area contributed by atoms with Crippen molar-refractivity contribution in [2.24, 2.45) is 0 Å². The van der Waals surface area contributed by atoms with Crippen molar-refractivity contribution >= 4 is 27.5 Å². The van der Waals surface area contributed by atoms with Crippen molar-refractivity contribution in [3.05, 3.63) is 83.7 Å². The molecule has 0 heterocycles.